The van der Waals surface area contributed by atoms with Crippen LogP contribution in [0.15, 0.2) is 12.1 Å². The Morgan fingerprint density at radius 1 is 0.833 bits per heavy atom. The average Bonchev–Trinajstić information content (AvgIpc) is 2.46. The third-order valence-corrected chi connectivity index (χ3v) is 3.62. The van der Waals surface area contributed by atoms with E-state index in [0.717, 1.165) is 18.9 Å². The molecule has 0 saturated carbocycles. The fraction of sp³-hybridized carbons (Fsp3) is 0.556. The molecule has 0 bridgehead atoms. The standard InChI is InChI=1S/C18H28N2O4/c1-11(2)5-7-19-17(23)13-9-14(16(22)10-15(13)21)18(24)20-8-6-12(3)4/h9-12,21-22H,5-8H2,1-4H3,(H,19,23)(H,20,24). The number of phenolic OH excluding ortho intramolecular Hbond substituents is 2. The summed E-state index contributed by atoms with van der Waals surface area (Å²) in [5.74, 6) is -0.752. The molecule has 0 unspecified atom stereocenters. The lowest BCUT2D eigenvalue weighted by molar-refractivity contribution is 0.0949. The molecule has 1 rings (SSSR count). The molecule has 0 heterocycles. The second-order valence-electron chi connectivity index (χ2n) is 6.76. The van der Waals surface area contributed by atoms with Crippen LogP contribution in [0.5, 0.6) is 11.5 Å². The summed E-state index contributed by atoms with van der Waals surface area (Å²) < 4.78 is 0. The van der Waals surface area contributed by atoms with Gasteiger partial charge in [-0.1, -0.05) is 27.7 Å². The zero-order chi connectivity index (χ0) is 18.3. The van der Waals surface area contributed by atoms with Crippen molar-refractivity contribution >= 4 is 11.8 Å². The zero-order valence-corrected chi connectivity index (χ0v) is 14.8. The van der Waals surface area contributed by atoms with Crippen molar-refractivity contribution in [2.45, 2.75) is 40.5 Å². The lowest BCUT2D eigenvalue weighted by Gasteiger charge is -2.12. The number of aromatic hydroxyl groups is 2. The van der Waals surface area contributed by atoms with Crippen LogP contribution in [0.25, 0.3) is 0 Å². The van der Waals surface area contributed by atoms with Gasteiger partial charge in [-0.25, -0.2) is 0 Å². The number of hydrogen-bond acceptors (Lipinski definition) is 4. The second kappa shape index (κ2) is 9.15. The van der Waals surface area contributed by atoms with Crippen molar-refractivity contribution in [2.24, 2.45) is 11.8 Å². The molecule has 6 nitrogen and oxygen atoms in total. The first kappa shape index (κ1) is 19.8. The maximum Gasteiger partial charge on any atom is 0.255 e. The summed E-state index contributed by atoms with van der Waals surface area (Å²) in [6.07, 6.45) is 1.63. The van der Waals surface area contributed by atoms with Crippen molar-refractivity contribution in [1.29, 1.82) is 0 Å². The van der Waals surface area contributed by atoms with E-state index in [9.17, 15) is 19.8 Å². The first-order chi connectivity index (χ1) is 11.2. The molecule has 1 aromatic carbocycles. The molecule has 24 heavy (non-hydrogen) atoms. The Kier molecular flexibility index (Phi) is 7.55. The molecule has 4 N–H and O–H groups in total. The maximum atomic E-state index is 12.2. The normalized spacial score (nSPS) is 10.9. The lowest BCUT2D eigenvalue weighted by Crippen LogP contribution is -2.27. The van der Waals surface area contributed by atoms with Gasteiger partial charge in [0.2, 0.25) is 0 Å². The van der Waals surface area contributed by atoms with Crippen LogP contribution in [-0.4, -0.2) is 35.1 Å². The number of hydrogen-bond donors (Lipinski definition) is 4. The topological polar surface area (TPSA) is 98.7 Å². The Labute approximate surface area is 143 Å². The van der Waals surface area contributed by atoms with E-state index >= 15 is 0 Å². The zero-order valence-electron chi connectivity index (χ0n) is 14.8. The number of carbonyl (C=O) groups excluding carboxylic acids is 2. The van der Waals surface area contributed by atoms with Crippen molar-refractivity contribution in [3.05, 3.63) is 23.3 Å². The smallest absolute Gasteiger partial charge is 0.255 e. The number of rotatable bonds is 8. The van der Waals surface area contributed by atoms with E-state index in [1.807, 2.05) is 27.7 Å². The molecule has 134 valence electrons. The Morgan fingerprint density at radius 2 is 1.21 bits per heavy atom. The maximum absolute atomic E-state index is 12.2. The van der Waals surface area contributed by atoms with Crippen molar-refractivity contribution in [3.63, 3.8) is 0 Å². The van der Waals surface area contributed by atoms with Crippen LogP contribution in [0, 0.1) is 11.8 Å². The molecular weight excluding hydrogens is 308 g/mol. The summed E-state index contributed by atoms with van der Waals surface area (Å²) in [7, 11) is 0. The Morgan fingerprint density at radius 3 is 1.54 bits per heavy atom. The van der Waals surface area contributed by atoms with Crippen LogP contribution in [0.2, 0.25) is 0 Å². The Bertz CT molecular complexity index is 535. The first-order valence-corrected chi connectivity index (χ1v) is 8.34. The molecule has 0 radical (unpaired) electrons. The van der Waals surface area contributed by atoms with Gasteiger partial charge in [0.25, 0.3) is 11.8 Å². The van der Waals surface area contributed by atoms with E-state index in [1.165, 1.54) is 6.07 Å². The van der Waals surface area contributed by atoms with Gasteiger partial charge >= 0.3 is 0 Å². The summed E-state index contributed by atoms with van der Waals surface area (Å²) in [6.45, 7) is 9.14. The SMILES string of the molecule is CC(C)CCNC(=O)c1cc(C(=O)NCCC(C)C)c(O)cc1O. The minimum Gasteiger partial charge on any atom is -0.507 e. The van der Waals surface area contributed by atoms with Crippen molar-refractivity contribution in [3.8, 4) is 11.5 Å². The average molecular weight is 336 g/mol. The van der Waals surface area contributed by atoms with Gasteiger partial charge in [-0.15, -0.1) is 0 Å². The highest BCUT2D eigenvalue weighted by Crippen LogP contribution is 2.27. The molecule has 0 aliphatic carbocycles. The molecule has 0 atom stereocenters. The minimum absolute atomic E-state index is 0.0226. The van der Waals surface area contributed by atoms with Gasteiger partial charge in [-0.05, 0) is 30.7 Å². The molecule has 0 fully saturated rings. The number of phenols is 2. The van der Waals surface area contributed by atoms with E-state index in [2.05, 4.69) is 10.6 Å². The van der Waals surface area contributed by atoms with Gasteiger partial charge in [0.05, 0.1) is 11.1 Å². The fourth-order valence-corrected chi connectivity index (χ4v) is 2.08. The van der Waals surface area contributed by atoms with E-state index in [1.54, 1.807) is 0 Å². The van der Waals surface area contributed by atoms with Gasteiger partial charge < -0.3 is 20.8 Å². The molecule has 1 aromatic rings. The molecule has 6 heteroatoms. The summed E-state index contributed by atoms with van der Waals surface area (Å²) in [4.78, 5) is 24.3. The van der Waals surface area contributed by atoms with Crippen LogP contribution in [0.3, 0.4) is 0 Å². The highest BCUT2D eigenvalue weighted by atomic mass is 16.3. The Hall–Kier alpha value is -2.24. The molecular formula is C18H28N2O4. The van der Waals surface area contributed by atoms with Crippen molar-refractivity contribution in [2.75, 3.05) is 13.1 Å². The van der Waals surface area contributed by atoms with E-state index < -0.39 is 11.8 Å². The van der Waals surface area contributed by atoms with Gasteiger partial charge in [-0.3, -0.25) is 9.59 Å². The molecule has 0 spiro atoms. The second-order valence-corrected chi connectivity index (χ2v) is 6.76. The highest BCUT2D eigenvalue weighted by molar-refractivity contribution is 6.03. The third-order valence-electron chi connectivity index (χ3n) is 3.62. The van der Waals surface area contributed by atoms with E-state index in [-0.39, 0.29) is 22.6 Å². The summed E-state index contributed by atoms with van der Waals surface area (Å²) in [5, 5.41) is 25.2. The largest absolute Gasteiger partial charge is 0.507 e. The van der Waals surface area contributed by atoms with Gasteiger partial charge in [0.1, 0.15) is 11.5 Å². The van der Waals surface area contributed by atoms with E-state index in [4.69, 9.17) is 0 Å². The molecule has 0 aliphatic rings. The van der Waals surface area contributed by atoms with Crippen LogP contribution in [-0.2, 0) is 0 Å². The predicted octanol–water partition coefficient (Wildman–Crippen LogP) is 2.65. The van der Waals surface area contributed by atoms with Gasteiger partial charge in [0.15, 0.2) is 0 Å². The molecule has 0 aromatic heterocycles. The van der Waals surface area contributed by atoms with Crippen molar-refractivity contribution < 1.29 is 19.8 Å². The number of nitrogens with one attached hydrogen (secondary N) is 2. The Balaban J connectivity index is 2.84. The number of carbonyl (C=O) groups is 2. The molecule has 0 saturated heterocycles. The van der Waals surface area contributed by atoms with Crippen LogP contribution in [0.4, 0.5) is 0 Å². The summed E-state index contributed by atoms with van der Waals surface area (Å²) in [6, 6.07) is 2.24. The lowest BCUT2D eigenvalue weighted by atomic mass is 10.1. The number of amides is 2. The monoisotopic (exact) mass is 336 g/mol. The first-order valence-electron chi connectivity index (χ1n) is 8.34. The van der Waals surface area contributed by atoms with Gasteiger partial charge in [0, 0.05) is 19.2 Å². The van der Waals surface area contributed by atoms with Gasteiger partial charge in [-0.2, -0.15) is 0 Å². The van der Waals surface area contributed by atoms with Crippen LogP contribution < -0.4 is 10.6 Å². The van der Waals surface area contributed by atoms with Crippen LogP contribution >= 0.6 is 0 Å². The quantitative estimate of drug-likeness (QED) is 0.586. The summed E-state index contributed by atoms with van der Waals surface area (Å²) in [5.41, 5.74) is -0.0452. The predicted molar refractivity (Wildman–Crippen MR) is 93.3 cm³/mol. The highest BCUT2D eigenvalue weighted by Gasteiger charge is 2.19. The number of benzene rings is 1. The van der Waals surface area contributed by atoms with Crippen molar-refractivity contribution in [1.82, 2.24) is 10.6 Å². The third kappa shape index (κ3) is 6.10. The van der Waals surface area contributed by atoms with Crippen LogP contribution in [0.1, 0.15) is 61.3 Å². The summed E-state index contributed by atoms with van der Waals surface area (Å²) >= 11 is 0. The minimum atomic E-state index is -0.468. The fourth-order valence-electron chi connectivity index (χ4n) is 2.08. The molecule has 0 aliphatic heterocycles. The van der Waals surface area contributed by atoms with E-state index in [0.29, 0.717) is 24.9 Å². The molecule has 2 amide bonds.